The number of aromatic nitrogens is 1. The number of hydrogen-bond acceptors (Lipinski definition) is 4. The molecule has 1 aliphatic rings. The van der Waals surface area contributed by atoms with Crippen LogP contribution in [0.2, 0.25) is 0 Å². The molecule has 0 radical (unpaired) electrons. The summed E-state index contributed by atoms with van der Waals surface area (Å²) in [6.45, 7) is 2.45. The van der Waals surface area contributed by atoms with E-state index in [1.807, 2.05) is 6.92 Å². The highest BCUT2D eigenvalue weighted by atomic mass is 79.9. The minimum absolute atomic E-state index is 0.175. The lowest BCUT2D eigenvalue weighted by molar-refractivity contribution is 0.192. The summed E-state index contributed by atoms with van der Waals surface area (Å²) >= 11 is 3.23. The second-order valence-corrected chi connectivity index (χ2v) is 7.37. The van der Waals surface area contributed by atoms with E-state index < -0.39 is 16.2 Å². The van der Waals surface area contributed by atoms with Gasteiger partial charge in [-0.3, -0.25) is 4.98 Å². The predicted molar refractivity (Wildman–Crippen MR) is 72.2 cm³/mol. The molecule has 0 saturated carbocycles. The van der Waals surface area contributed by atoms with Crippen molar-refractivity contribution in [2.45, 2.75) is 30.8 Å². The van der Waals surface area contributed by atoms with Crippen molar-refractivity contribution in [1.82, 2.24) is 9.29 Å². The minimum Gasteiger partial charge on any atom is -0.315 e. The molecule has 0 aliphatic carbocycles. The van der Waals surface area contributed by atoms with Crippen LogP contribution in [0.4, 0.5) is 0 Å². The van der Waals surface area contributed by atoms with Crippen LogP contribution in [0.3, 0.4) is 0 Å². The highest BCUT2D eigenvalue weighted by molar-refractivity contribution is 9.10. The van der Waals surface area contributed by atoms with Gasteiger partial charge in [0.25, 0.3) is 0 Å². The SMILES string of the molecule is CC1CCCN(S(=O)(=O)c2cncc(Br)c2)C1N. The third-order valence-electron chi connectivity index (χ3n) is 3.24. The van der Waals surface area contributed by atoms with E-state index in [0.717, 1.165) is 12.8 Å². The quantitative estimate of drug-likeness (QED) is 0.890. The maximum absolute atomic E-state index is 12.5. The van der Waals surface area contributed by atoms with Gasteiger partial charge in [0, 0.05) is 23.4 Å². The fourth-order valence-corrected chi connectivity index (χ4v) is 4.28. The summed E-state index contributed by atoms with van der Waals surface area (Å²) < 4.78 is 27.0. The average molecular weight is 334 g/mol. The summed E-state index contributed by atoms with van der Waals surface area (Å²) in [5.74, 6) is 0.175. The Labute approximate surface area is 116 Å². The molecule has 0 aromatic carbocycles. The Hall–Kier alpha value is -0.500. The van der Waals surface area contributed by atoms with Gasteiger partial charge in [-0.15, -0.1) is 0 Å². The second-order valence-electron chi connectivity index (χ2n) is 4.56. The summed E-state index contributed by atoms with van der Waals surface area (Å²) in [4.78, 5) is 4.08. The Morgan fingerprint density at radius 2 is 2.22 bits per heavy atom. The molecule has 2 rings (SSSR count). The number of sulfonamides is 1. The molecule has 0 spiro atoms. The average Bonchev–Trinajstić information content (AvgIpc) is 2.32. The lowest BCUT2D eigenvalue weighted by Crippen LogP contribution is -2.52. The fraction of sp³-hybridized carbons (Fsp3) is 0.545. The van der Waals surface area contributed by atoms with E-state index in [1.165, 1.54) is 10.5 Å². The molecular formula is C11H16BrN3O2S. The zero-order valence-electron chi connectivity index (χ0n) is 10.1. The molecule has 2 unspecified atom stereocenters. The smallest absolute Gasteiger partial charge is 0.246 e. The van der Waals surface area contributed by atoms with Crippen LogP contribution in [0.5, 0.6) is 0 Å². The van der Waals surface area contributed by atoms with Gasteiger partial charge in [0.2, 0.25) is 10.0 Å². The maximum atomic E-state index is 12.5. The van der Waals surface area contributed by atoms with Crippen molar-refractivity contribution in [2.75, 3.05) is 6.54 Å². The van der Waals surface area contributed by atoms with Gasteiger partial charge >= 0.3 is 0 Å². The maximum Gasteiger partial charge on any atom is 0.246 e. The lowest BCUT2D eigenvalue weighted by Gasteiger charge is -2.36. The van der Waals surface area contributed by atoms with Gasteiger partial charge in [-0.25, -0.2) is 8.42 Å². The molecule has 7 heteroatoms. The number of rotatable bonds is 2. The molecule has 1 fully saturated rings. The lowest BCUT2D eigenvalue weighted by atomic mass is 9.99. The highest BCUT2D eigenvalue weighted by Gasteiger charge is 2.35. The molecule has 18 heavy (non-hydrogen) atoms. The first-order chi connectivity index (χ1) is 8.43. The zero-order chi connectivity index (χ0) is 13.3. The summed E-state index contributed by atoms with van der Waals surface area (Å²) in [6, 6.07) is 1.55. The Kier molecular flexibility index (Phi) is 4.05. The van der Waals surface area contributed by atoms with E-state index in [9.17, 15) is 8.42 Å². The van der Waals surface area contributed by atoms with Crippen LogP contribution < -0.4 is 5.73 Å². The van der Waals surface area contributed by atoms with Gasteiger partial charge in [-0.1, -0.05) is 6.92 Å². The first-order valence-electron chi connectivity index (χ1n) is 5.81. The van der Waals surface area contributed by atoms with E-state index in [0.29, 0.717) is 11.0 Å². The molecule has 1 aromatic heterocycles. The number of halogens is 1. The number of piperidine rings is 1. The molecule has 0 bridgehead atoms. The first kappa shape index (κ1) is 13.9. The molecule has 2 heterocycles. The summed E-state index contributed by atoms with van der Waals surface area (Å²) in [6.07, 6.45) is 4.26. The van der Waals surface area contributed by atoms with Crippen molar-refractivity contribution in [2.24, 2.45) is 11.7 Å². The Bertz CT molecular complexity index is 535. The Morgan fingerprint density at radius 3 is 2.89 bits per heavy atom. The third-order valence-corrected chi connectivity index (χ3v) is 5.54. The topological polar surface area (TPSA) is 76.3 Å². The fourth-order valence-electron chi connectivity index (χ4n) is 2.12. The van der Waals surface area contributed by atoms with Crippen molar-refractivity contribution in [3.8, 4) is 0 Å². The van der Waals surface area contributed by atoms with E-state index in [-0.39, 0.29) is 10.8 Å². The van der Waals surface area contributed by atoms with Gasteiger partial charge in [0.1, 0.15) is 4.90 Å². The normalized spacial score (nSPS) is 26.2. The standard InChI is InChI=1S/C11H16BrN3O2S/c1-8-3-2-4-15(11(8)13)18(16,17)10-5-9(12)6-14-7-10/h5-8,11H,2-4,13H2,1H3. The molecule has 2 N–H and O–H groups in total. The number of pyridine rings is 1. The summed E-state index contributed by atoms with van der Waals surface area (Å²) in [5, 5.41) is 0. The first-order valence-corrected chi connectivity index (χ1v) is 8.04. The van der Waals surface area contributed by atoms with Crippen molar-refractivity contribution in [1.29, 1.82) is 0 Å². The summed E-state index contributed by atoms with van der Waals surface area (Å²) in [7, 11) is -3.55. The molecule has 100 valence electrons. The minimum atomic E-state index is -3.55. The van der Waals surface area contributed by atoms with Crippen LogP contribution in [0, 0.1) is 5.92 Å². The van der Waals surface area contributed by atoms with Crippen molar-refractivity contribution in [3.63, 3.8) is 0 Å². The number of nitrogens with zero attached hydrogens (tertiary/aromatic N) is 2. The van der Waals surface area contributed by atoms with E-state index >= 15 is 0 Å². The van der Waals surface area contributed by atoms with Crippen molar-refractivity contribution >= 4 is 26.0 Å². The monoisotopic (exact) mass is 333 g/mol. The molecule has 1 aromatic rings. The van der Waals surface area contributed by atoms with Gasteiger partial charge in [0.15, 0.2) is 0 Å². The van der Waals surface area contributed by atoms with E-state index in [2.05, 4.69) is 20.9 Å². The van der Waals surface area contributed by atoms with Crippen LogP contribution in [0.15, 0.2) is 27.8 Å². The predicted octanol–water partition coefficient (Wildman–Crippen LogP) is 1.55. The van der Waals surface area contributed by atoms with Gasteiger partial charge < -0.3 is 5.73 Å². The van der Waals surface area contributed by atoms with Crippen molar-refractivity contribution < 1.29 is 8.42 Å². The molecule has 0 amide bonds. The van der Waals surface area contributed by atoms with Gasteiger partial charge in [-0.2, -0.15) is 4.31 Å². The second kappa shape index (κ2) is 5.24. The highest BCUT2D eigenvalue weighted by Crippen LogP contribution is 2.27. The number of nitrogens with two attached hydrogens (primary N) is 1. The largest absolute Gasteiger partial charge is 0.315 e. The Balaban J connectivity index is 2.36. The molecule has 5 nitrogen and oxygen atoms in total. The molecule has 1 aliphatic heterocycles. The van der Waals surface area contributed by atoms with Crippen LogP contribution in [-0.4, -0.2) is 30.4 Å². The van der Waals surface area contributed by atoms with Crippen LogP contribution in [-0.2, 0) is 10.0 Å². The Morgan fingerprint density at radius 1 is 1.50 bits per heavy atom. The third kappa shape index (κ3) is 2.59. The number of hydrogen-bond donors (Lipinski definition) is 1. The van der Waals surface area contributed by atoms with Crippen LogP contribution in [0.1, 0.15) is 19.8 Å². The zero-order valence-corrected chi connectivity index (χ0v) is 12.5. The van der Waals surface area contributed by atoms with Crippen LogP contribution in [0.25, 0.3) is 0 Å². The van der Waals surface area contributed by atoms with Gasteiger partial charge in [0.05, 0.1) is 6.17 Å². The summed E-state index contributed by atoms with van der Waals surface area (Å²) in [5.41, 5.74) is 6.00. The van der Waals surface area contributed by atoms with E-state index in [4.69, 9.17) is 5.73 Å². The van der Waals surface area contributed by atoms with Crippen LogP contribution >= 0.6 is 15.9 Å². The van der Waals surface area contributed by atoms with Crippen molar-refractivity contribution in [3.05, 3.63) is 22.9 Å². The van der Waals surface area contributed by atoms with Gasteiger partial charge in [-0.05, 0) is 40.8 Å². The van der Waals surface area contributed by atoms with E-state index in [1.54, 1.807) is 12.3 Å². The molecule has 1 saturated heterocycles. The molecule has 2 atom stereocenters. The molecular weight excluding hydrogens is 318 g/mol.